The zero-order valence-electron chi connectivity index (χ0n) is 18.2. The summed E-state index contributed by atoms with van der Waals surface area (Å²) in [4.78, 5) is 13.0. The van der Waals surface area contributed by atoms with E-state index in [0.717, 1.165) is 45.2 Å². The molecule has 3 nitrogen and oxygen atoms in total. The standard InChI is InChI=1S/C29H24O3/c1-3-19-15-16-22-18-25-20(4-2)10-7-13-24(25)28(26(22)17-19)32-29(30)31-27-14-8-11-21-9-5-6-12-23(21)27/h5-18H,3-4H2,1-2H3. The van der Waals surface area contributed by atoms with Gasteiger partial charge in [0.15, 0.2) is 0 Å². The van der Waals surface area contributed by atoms with E-state index in [1.54, 1.807) is 6.07 Å². The van der Waals surface area contributed by atoms with Crippen LogP contribution in [0.3, 0.4) is 0 Å². The van der Waals surface area contributed by atoms with E-state index in [-0.39, 0.29) is 0 Å². The van der Waals surface area contributed by atoms with E-state index < -0.39 is 6.16 Å². The molecule has 0 aliphatic carbocycles. The highest BCUT2D eigenvalue weighted by Crippen LogP contribution is 2.38. The number of aryl methyl sites for hydroxylation is 2. The van der Waals surface area contributed by atoms with Crippen molar-refractivity contribution in [2.45, 2.75) is 26.7 Å². The Morgan fingerprint density at radius 2 is 1.44 bits per heavy atom. The first kappa shape index (κ1) is 20.1. The molecule has 0 aliphatic heterocycles. The first-order valence-corrected chi connectivity index (χ1v) is 11.0. The van der Waals surface area contributed by atoms with Crippen molar-refractivity contribution in [1.29, 1.82) is 0 Å². The van der Waals surface area contributed by atoms with Gasteiger partial charge in [0.05, 0.1) is 0 Å². The molecule has 0 aromatic heterocycles. The number of hydrogen-bond acceptors (Lipinski definition) is 3. The van der Waals surface area contributed by atoms with Crippen LogP contribution in [0.5, 0.6) is 11.5 Å². The minimum absolute atomic E-state index is 0.487. The number of carbonyl (C=O) groups excluding carboxylic acids is 1. The predicted octanol–water partition coefficient (Wildman–Crippen LogP) is 7.85. The van der Waals surface area contributed by atoms with E-state index in [1.165, 1.54) is 11.1 Å². The second kappa shape index (κ2) is 8.35. The molecular weight excluding hydrogens is 396 g/mol. The van der Waals surface area contributed by atoms with Gasteiger partial charge in [0, 0.05) is 16.2 Å². The van der Waals surface area contributed by atoms with E-state index in [9.17, 15) is 4.79 Å². The van der Waals surface area contributed by atoms with Crippen molar-refractivity contribution >= 4 is 38.5 Å². The number of ether oxygens (including phenoxy) is 2. The number of hydrogen-bond donors (Lipinski definition) is 0. The van der Waals surface area contributed by atoms with Crippen LogP contribution in [-0.4, -0.2) is 6.16 Å². The van der Waals surface area contributed by atoms with Crippen molar-refractivity contribution in [2.24, 2.45) is 0 Å². The van der Waals surface area contributed by atoms with Gasteiger partial charge in [-0.05, 0) is 58.3 Å². The summed E-state index contributed by atoms with van der Waals surface area (Å²) in [6.07, 6.45) is 1.07. The highest BCUT2D eigenvalue weighted by molar-refractivity contribution is 6.07. The Labute approximate surface area is 187 Å². The number of carbonyl (C=O) groups is 1. The van der Waals surface area contributed by atoms with Crippen molar-refractivity contribution in [1.82, 2.24) is 0 Å². The molecule has 5 aromatic rings. The molecule has 0 atom stereocenters. The largest absolute Gasteiger partial charge is 0.519 e. The topological polar surface area (TPSA) is 35.5 Å². The van der Waals surface area contributed by atoms with E-state index in [0.29, 0.717) is 11.5 Å². The molecule has 0 unspecified atom stereocenters. The third kappa shape index (κ3) is 3.56. The van der Waals surface area contributed by atoms with Crippen LogP contribution in [0.25, 0.3) is 32.3 Å². The quantitative estimate of drug-likeness (QED) is 0.169. The second-order valence-corrected chi connectivity index (χ2v) is 7.91. The fourth-order valence-electron chi connectivity index (χ4n) is 4.32. The lowest BCUT2D eigenvalue weighted by atomic mass is 9.96. The van der Waals surface area contributed by atoms with Gasteiger partial charge in [0.1, 0.15) is 11.5 Å². The minimum atomic E-state index is -0.737. The first-order chi connectivity index (χ1) is 15.7. The summed E-state index contributed by atoms with van der Waals surface area (Å²) in [7, 11) is 0. The smallest absolute Gasteiger partial charge is 0.394 e. The number of fused-ring (bicyclic) bond motifs is 3. The van der Waals surface area contributed by atoms with Crippen LogP contribution >= 0.6 is 0 Å². The van der Waals surface area contributed by atoms with Gasteiger partial charge in [-0.2, -0.15) is 0 Å². The summed E-state index contributed by atoms with van der Waals surface area (Å²) in [6.45, 7) is 4.25. The lowest BCUT2D eigenvalue weighted by Gasteiger charge is -2.15. The molecule has 0 saturated heterocycles. The van der Waals surface area contributed by atoms with Crippen molar-refractivity contribution in [3.8, 4) is 11.5 Å². The maximum atomic E-state index is 13.0. The molecule has 32 heavy (non-hydrogen) atoms. The highest BCUT2D eigenvalue weighted by atomic mass is 16.7. The molecule has 0 aliphatic rings. The molecule has 0 fully saturated rings. The zero-order chi connectivity index (χ0) is 22.1. The van der Waals surface area contributed by atoms with Crippen molar-refractivity contribution in [3.63, 3.8) is 0 Å². The molecule has 0 bridgehead atoms. The zero-order valence-corrected chi connectivity index (χ0v) is 18.2. The molecule has 0 spiro atoms. The fraction of sp³-hybridized carbons (Fsp3) is 0.138. The Bertz CT molecular complexity index is 1460. The van der Waals surface area contributed by atoms with Crippen LogP contribution in [0.2, 0.25) is 0 Å². The summed E-state index contributed by atoms with van der Waals surface area (Å²) in [5, 5.41) is 5.85. The summed E-state index contributed by atoms with van der Waals surface area (Å²) < 4.78 is 11.6. The summed E-state index contributed by atoms with van der Waals surface area (Å²) >= 11 is 0. The molecule has 0 amide bonds. The van der Waals surface area contributed by atoms with Crippen molar-refractivity contribution in [3.05, 3.63) is 96.1 Å². The molecule has 0 saturated carbocycles. The molecule has 5 aromatic carbocycles. The summed E-state index contributed by atoms with van der Waals surface area (Å²) in [5.41, 5.74) is 2.41. The average Bonchev–Trinajstić information content (AvgIpc) is 2.83. The van der Waals surface area contributed by atoms with Crippen LogP contribution in [-0.2, 0) is 12.8 Å². The van der Waals surface area contributed by atoms with Crippen LogP contribution in [0.1, 0.15) is 25.0 Å². The molecule has 0 heterocycles. The van der Waals surface area contributed by atoms with Gasteiger partial charge < -0.3 is 9.47 Å². The van der Waals surface area contributed by atoms with Crippen molar-refractivity contribution in [2.75, 3.05) is 0 Å². The lowest BCUT2D eigenvalue weighted by molar-refractivity contribution is 0.153. The Balaban J connectivity index is 1.62. The molecule has 0 radical (unpaired) electrons. The Hall–Kier alpha value is -3.85. The van der Waals surface area contributed by atoms with Gasteiger partial charge in [0.25, 0.3) is 0 Å². The third-order valence-corrected chi connectivity index (χ3v) is 6.02. The molecule has 3 heteroatoms. The van der Waals surface area contributed by atoms with E-state index in [4.69, 9.17) is 9.47 Å². The first-order valence-electron chi connectivity index (χ1n) is 11.0. The molecule has 0 N–H and O–H groups in total. The maximum absolute atomic E-state index is 13.0. The van der Waals surface area contributed by atoms with E-state index in [2.05, 4.69) is 44.2 Å². The summed E-state index contributed by atoms with van der Waals surface area (Å²) in [6, 6.07) is 28.1. The van der Waals surface area contributed by atoms with E-state index in [1.807, 2.05) is 48.5 Å². The highest BCUT2D eigenvalue weighted by Gasteiger charge is 2.17. The normalized spacial score (nSPS) is 11.2. The van der Waals surface area contributed by atoms with Gasteiger partial charge in [-0.15, -0.1) is 0 Å². The Morgan fingerprint density at radius 3 is 2.28 bits per heavy atom. The SMILES string of the molecule is CCc1ccc2cc3c(CC)cccc3c(OC(=O)Oc3cccc4ccccc34)c2c1. The van der Waals surface area contributed by atoms with Crippen LogP contribution in [0.4, 0.5) is 4.79 Å². The Morgan fingerprint density at radius 1 is 0.656 bits per heavy atom. The monoisotopic (exact) mass is 420 g/mol. The van der Waals surface area contributed by atoms with Crippen molar-refractivity contribution < 1.29 is 14.3 Å². The Kier molecular flexibility index (Phi) is 5.24. The van der Waals surface area contributed by atoms with Crippen LogP contribution in [0.15, 0.2) is 84.9 Å². The fourth-order valence-corrected chi connectivity index (χ4v) is 4.32. The maximum Gasteiger partial charge on any atom is 0.519 e. The molecule has 5 rings (SSSR count). The number of benzene rings is 5. The lowest BCUT2D eigenvalue weighted by Crippen LogP contribution is -2.14. The second-order valence-electron chi connectivity index (χ2n) is 7.91. The molecular formula is C29H24O3. The predicted molar refractivity (Wildman–Crippen MR) is 131 cm³/mol. The van der Waals surface area contributed by atoms with Gasteiger partial charge in [-0.1, -0.05) is 80.6 Å². The van der Waals surface area contributed by atoms with Crippen LogP contribution in [0, 0.1) is 0 Å². The summed E-state index contributed by atoms with van der Waals surface area (Å²) in [5.74, 6) is 1.04. The number of rotatable bonds is 4. The van der Waals surface area contributed by atoms with E-state index >= 15 is 0 Å². The van der Waals surface area contributed by atoms with Gasteiger partial charge in [-0.25, -0.2) is 4.79 Å². The van der Waals surface area contributed by atoms with Gasteiger partial charge in [0.2, 0.25) is 0 Å². The van der Waals surface area contributed by atoms with Gasteiger partial charge in [-0.3, -0.25) is 0 Å². The minimum Gasteiger partial charge on any atom is -0.394 e. The third-order valence-electron chi connectivity index (χ3n) is 6.02. The van der Waals surface area contributed by atoms with Gasteiger partial charge >= 0.3 is 6.16 Å². The average molecular weight is 421 g/mol. The molecule has 158 valence electrons. The van der Waals surface area contributed by atoms with Crippen LogP contribution < -0.4 is 9.47 Å².